The second-order valence-corrected chi connectivity index (χ2v) is 8.42. The molecule has 0 bridgehead atoms. The van der Waals surface area contributed by atoms with E-state index in [1.54, 1.807) is 19.1 Å². The summed E-state index contributed by atoms with van der Waals surface area (Å²) in [5.74, 6) is -0.291. The van der Waals surface area contributed by atoms with Crippen LogP contribution in [0.4, 0.5) is 5.69 Å². The van der Waals surface area contributed by atoms with Gasteiger partial charge in [-0.25, -0.2) is 8.42 Å². The van der Waals surface area contributed by atoms with Crippen molar-refractivity contribution >= 4 is 21.6 Å². The zero-order valence-electron chi connectivity index (χ0n) is 14.2. The van der Waals surface area contributed by atoms with Crippen molar-refractivity contribution in [3.8, 4) is 0 Å². The summed E-state index contributed by atoms with van der Waals surface area (Å²) in [5, 5.41) is 2.86. The smallest absolute Gasteiger partial charge is 0.244 e. The third kappa shape index (κ3) is 5.02. The van der Waals surface area contributed by atoms with Gasteiger partial charge in [-0.3, -0.25) is 9.10 Å². The Hall–Kier alpha value is -1.56. The van der Waals surface area contributed by atoms with Gasteiger partial charge in [0.2, 0.25) is 15.9 Å². The second-order valence-electron chi connectivity index (χ2n) is 6.56. The Morgan fingerprint density at radius 2 is 1.73 bits per heavy atom. The van der Waals surface area contributed by atoms with Crippen LogP contribution in [0.3, 0.4) is 0 Å². The molecule has 0 aliphatic heterocycles. The Kier molecular flexibility index (Phi) is 5.62. The Morgan fingerprint density at radius 3 is 2.09 bits per heavy atom. The maximum atomic E-state index is 12.5. The minimum atomic E-state index is -3.57. The molecule has 1 amide bonds. The Balaban J connectivity index is 3.25. The van der Waals surface area contributed by atoms with Crippen LogP contribution in [-0.2, 0) is 14.8 Å². The van der Waals surface area contributed by atoms with Gasteiger partial charge >= 0.3 is 0 Å². The summed E-state index contributed by atoms with van der Waals surface area (Å²) in [6.45, 7) is 9.34. The molecule has 0 heterocycles. The molecule has 1 N–H and O–H groups in total. The summed E-state index contributed by atoms with van der Waals surface area (Å²) in [6.07, 6.45) is 1.52. The molecular formula is C16H26N2O3S. The van der Waals surface area contributed by atoms with Crippen molar-refractivity contribution in [3.05, 3.63) is 29.8 Å². The van der Waals surface area contributed by atoms with E-state index in [1.807, 2.05) is 39.8 Å². The molecule has 1 aromatic carbocycles. The largest absolute Gasteiger partial charge is 0.350 e. The first-order valence-corrected chi connectivity index (χ1v) is 9.18. The number of amides is 1. The molecule has 22 heavy (non-hydrogen) atoms. The molecule has 1 atom stereocenters. The summed E-state index contributed by atoms with van der Waals surface area (Å²) < 4.78 is 25.7. The highest BCUT2D eigenvalue weighted by Gasteiger charge is 2.32. The number of benzene rings is 1. The van der Waals surface area contributed by atoms with Crippen molar-refractivity contribution in [3.63, 3.8) is 0 Å². The fraction of sp³-hybridized carbons (Fsp3) is 0.562. The zero-order chi connectivity index (χ0) is 17.1. The maximum absolute atomic E-state index is 12.5. The lowest BCUT2D eigenvalue weighted by Gasteiger charge is -2.32. The predicted molar refractivity (Wildman–Crippen MR) is 90.5 cm³/mol. The van der Waals surface area contributed by atoms with E-state index in [9.17, 15) is 13.2 Å². The number of hydrogen-bond acceptors (Lipinski definition) is 3. The van der Waals surface area contributed by atoms with Crippen LogP contribution < -0.4 is 9.62 Å². The molecule has 0 radical (unpaired) electrons. The lowest BCUT2D eigenvalue weighted by atomic mass is 10.1. The summed E-state index contributed by atoms with van der Waals surface area (Å²) in [7, 11) is -3.57. The van der Waals surface area contributed by atoms with E-state index >= 15 is 0 Å². The van der Waals surface area contributed by atoms with Gasteiger partial charge in [0, 0.05) is 5.54 Å². The summed E-state index contributed by atoms with van der Waals surface area (Å²) in [6, 6.07) is 6.35. The molecule has 0 aliphatic carbocycles. The highest BCUT2D eigenvalue weighted by molar-refractivity contribution is 7.92. The molecular weight excluding hydrogens is 300 g/mol. The summed E-state index contributed by atoms with van der Waals surface area (Å²) in [4.78, 5) is 12.5. The average Bonchev–Trinajstić information content (AvgIpc) is 2.33. The van der Waals surface area contributed by atoms with Gasteiger partial charge in [-0.05, 0) is 46.2 Å². The average molecular weight is 326 g/mol. The molecule has 0 saturated carbocycles. The van der Waals surface area contributed by atoms with Gasteiger partial charge in [-0.15, -0.1) is 0 Å². The number of anilines is 1. The van der Waals surface area contributed by atoms with Crippen LogP contribution in [0.15, 0.2) is 24.3 Å². The maximum Gasteiger partial charge on any atom is 0.244 e. The highest BCUT2D eigenvalue weighted by Crippen LogP contribution is 2.23. The van der Waals surface area contributed by atoms with Crippen molar-refractivity contribution in [1.29, 1.82) is 0 Å². The van der Waals surface area contributed by atoms with E-state index in [2.05, 4.69) is 5.32 Å². The van der Waals surface area contributed by atoms with Crippen LogP contribution >= 0.6 is 0 Å². The van der Waals surface area contributed by atoms with Gasteiger partial charge in [0.1, 0.15) is 6.04 Å². The SMILES string of the molecule is CCC(C(=O)NC(C)(C)C)N(c1ccc(C)cc1)S(C)(=O)=O. The minimum Gasteiger partial charge on any atom is -0.350 e. The fourth-order valence-corrected chi connectivity index (χ4v) is 3.42. The van der Waals surface area contributed by atoms with E-state index < -0.39 is 21.6 Å². The lowest BCUT2D eigenvalue weighted by Crippen LogP contribution is -2.53. The van der Waals surface area contributed by atoms with Gasteiger partial charge in [-0.2, -0.15) is 0 Å². The molecule has 1 rings (SSSR count). The van der Waals surface area contributed by atoms with Crippen molar-refractivity contribution in [1.82, 2.24) is 5.32 Å². The van der Waals surface area contributed by atoms with Crippen molar-refractivity contribution < 1.29 is 13.2 Å². The summed E-state index contributed by atoms with van der Waals surface area (Å²) >= 11 is 0. The first-order chi connectivity index (χ1) is 9.95. The van der Waals surface area contributed by atoms with E-state index in [-0.39, 0.29) is 5.91 Å². The first-order valence-electron chi connectivity index (χ1n) is 7.34. The number of rotatable bonds is 5. The van der Waals surface area contributed by atoms with E-state index in [0.717, 1.165) is 11.8 Å². The molecule has 0 spiro atoms. The second kappa shape index (κ2) is 6.69. The Morgan fingerprint density at radius 1 is 1.23 bits per heavy atom. The molecule has 0 aromatic heterocycles. The van der Waals surface area contributed by atoms with Gasteiger partial charge in [0.25, 0.3) is 0 Å². The van der Waals surface area contributed by atoms with E-state index in [1.165, 1.54) is 4.31 Å². The van der Waals surface area contributed by atoms with Crippen LogP contribution in [-0.4, -0.2) is 32.2 Å². The fourth-order valence-electron chi connectivity index (χ4n) is 2.20. The van der Waals surface area contributed by atoms with E-state index in [0.29, 0.717) is 12.1 Å². The normalized spacial score (nSPS) is 13.5. The number of aryl methyl sites for hydroxylation is 1. The number of nitrogens with zero attached hydrogens (tertiary/aromatic N) is 1. The van der Waals surface area contributed by atoms with E-state index in [4.69, 9.17) is 0 Å². The number of sulfonamides is 1. The first kappa shape index (κ1) is 18.5. The zero-order valence-corrected chi connectivity index (χ0v) is 15.0. The monoisotopic (exact) mass is 326 g/mol. The van der Waals surface area contributed by atoms with Crippen LogP contribution in [0.25, 0.3) is 0 Å². The molecule has 1 unspecified atom stereocenters. The van der Waals surface area contributed by atoms with Crippen molar-refractivity contribution in [2.24, 2.45) is 0 Å². The quantitative estimate of drug-likeness (QED) is 0.904. The number of carbonyl (C=O) groups is 1. The number of carbonyl (C=O) groups excluding carboxylic acids is 1. The third-order valence-electron chi connectivity index (χ3n) is 3.12. The molecule has 0 fully saturated rings. The van der Waals surface area contributed by atoms with Gasteiger partial charge in [0.05, 0.1) is 11.9 Å². The van der Waals surface area contributed by atoms with Gasteiger partial charge in [0.15, 0.2) is 0 Å². The van der Waals surface area contributed by atoms with Crippen LogP contribution in [0, 0.1) is 6.92 Å². The van der Waals surface area contributed by atoms with Crippen molar-refractivity contribution in [2.45, 2.75) is 52.6 Å². The highest BCUT2D eigenvalue weighted by atomic mass is 32.2. The third-order valence-corrected chi connectivity index (χ3v) is 4.30. The molecule has 0 saturated heterocycles. The molecule has 0 aliphatic rings. The topological polar surface area (TPSA) is 66.5 Å². The molecule has 1 aromatic rings. The van der Waals surface area contributed by atoms with Gasteiger partial charge in [-0.1, -0.05) is 24.6 Å². The van der Waals surface area contributed by atoms with Crippen LogP contribution in [0.1, 0.15) is 39.7 Å². The molecule has 124 valence electrons. The van der Waals surface area contributed by atoms with Crippen LogP contribution in [0.5, 0.6) is 0 Å². The van der Waals surface area contributed by atoms with Crippen LogP contribution in [0.2, 0.25) is 0 Å². The lowest BCUT2D eigenvalue weighted by molar-refractivity contribution is -0.123. The predicted octanol–water partition coefficient (Wildman–Crippen LogP) is 2.45. The van der Waals surface area contributed by atoms with Gasteiger partial charge < -0.3 is 5.32 Å². The number of hydrogen-bond donors (Lipinski definition) is 1. The van der Waals surface area contributed by atoms with Crippen molar-refractivity contribution in [2.75, 3.05) is 10.6 Å². The molecule has 6 heteroatoms. The summed E-state index contributed by atoms with van der Waals surface area (Å²) in [5.41, 5.74) is 1.12. The Bertz CT molecular complexity index is 616. The Labute approximate surface area is 133 Å². The number of nitrogens with one attached hydrogen (secondary N) is 1. The molecule has 5 nitrogen and oxygen atoms in total. The minimum absolute atomic E-state index is 0.291. The standard InChI is InChI=1S/C16H26N2O3S/c1-7-14(15(19)17-16(3,4)5)18(22(6,20)21)13-10-8-12(2)9-11-13/h8-11,14H,7H2,1-6H3,(H,17,19).